The maximum Gasteiger partial charge on any atom is 0.341 e. The standard InChI is InChI=1S/C20H20FN3O7/c21-15-10-18(31-12-20(26)27)16(11-17(15)23-4-6-30-7-5-23)22-19(25)9-13-2-1-3-14(8-13)24(28)29/h1-3,8,10-11H,4-7,9,12H2,(H,22,25)(H,26,27). The van der Waals surface area contributed by atoms with Crippen LogP contribution in [-0.4, -0.2) is 54.8 Å². The molecule has 3 rings (SSSR count). The SMILES string of the molecule is O=C(O)COc1cc(F)c(N2CCOCC2)cc1NC(=O)Cc1cccc([N+](=O)[O-])c1. The first-order valence-corrected chi connectivity index (χ1v) is 9.37. The highest BCUT2D eigenvalue weighted by atomic mass is 19.1. The Kier molecular flexibility index (Phi) is 6.98. The number of nitrogens with zero attached hydrogens (tertiary/aromatic N) is 2. The van der Waals surface area contributed by atoms with Crippen molar-refractivity contribution < 1.29 is 33.5 Å². The van der Waals surface area contributed by atoms with Gasteiger partial charge < -0.3 is 24.8 Å². The molecule has 10 nitrogen and oxygen atoms in total. The normalized spacial score (nSPS) is 13.5. The fourth-order valence-electron chi connectivity index (χ4n) is 3.11. The van der Waals surface area contributed by atoms with Crippen molar-refractivity contribution in [2.24, 2.45) is 0 Å². The summed E-state index contributed by atoms with van der Waals surface area (Å²) in [7, 11) is 0. The first kappa shape index (κ1) is 22.0. The zero-order chi connectivity index (χ0) is 22.4. The van der Waals surface area contributed by atoms with Crippen LogP contribution in [0.5, 0.6) is 5.75 Å². The highest BCUT2D eigenvalue weighted by Gasteiger charge is 2.20. The molecule has 1 saturated heterocycles. The Labute approximate surface area is 176 Å². The van der Waals surface area contributed by atoms with Gasteiger partial charge in [-0.05, 0) is 11.6 Å². The zero-order valence-electron chi connectivity index (χ0n) is 16.4. The van der Waals surface area contributed by atoms with Crippen molar-refractivity contribution >= 4 is 28.9 Å². The van der Waals surface area contributed by atoms with Crippen molar-refractivity contribution in [1.29, 1.82) is 0 Å². The highest BCUT2D eigenvalue weighted by molar-refractivity contribution is 5.94. The number of ether oxygens (including phenoxy) is 2. The molecule has 0 radical (unpaired) electrons. The number of amides is 1. The summed E-state index contributed by atoms with van der Waals surface area (Å²) in [6, 6.07) is 8.04. The molecule has 1 amide bonds. The number of carbonyl (C=O) groups is 2. The Morgan fingerprint density at radius 2 is 2.00 bits per heavy atom. The number of halogens is 1. The van der Waals surface area contributed by atoms with E-state index in [0.29, 0.717) is 31.9 Å². The van der Waals surface area contributed by atoms with E-state index in [2.05, 4.69) is 5.32 Å². The van der Waals surface area contributed by atoms with Gasteiger partial charge in [0.15, 0.2) is 6.61 Å². The average molecular weight is 433 g/mol. The van der Waals surface area contributed by atoms with E-state index in [4.69, 9.17) is 14.6 Å². The quantitative estimate of drug-likeness (QED) is 0.479. The van der Waals surface area contributed by atoms with Crippen molar-refractivity contribution in [2.75, 3.05) is 43.1 Å². The fraction of sp³-hybridized carbons (Fsp3) is 0.300. The summed E-state index contributed by atoms with van der Waals surface area (Å²) < 4.78 is 25.1. The first-order valence-electron chi connectivity index (χ1n) is 9.37. The second-order valence-electron chi connectivity index (χ2n) is 6.73. The number of benzene rings is 2. The number of carboxylic acids is 1. The van der Waals surface area contributed by atoms with Crippen molar-refractivity contribution in [3.8, 4) is 5.75 Å². The number of nitro benzene ring substituents is 1. The maximum absolute atomic E-state index is 14.7. The smallest absolute Gasteiger partial charge is 0.341 e. The van der Waals surface area contributed by atoms with Crippen molar-refractivity contribution in [3.05, 3.63) is 57.9 Å². The molecule has 0 bridgehead atoms. The number of nitrogens with one attached hydrogen (secondary N) is 1. The van der Waals surface area contributed by atoms with E-state index in [0.717, 1.165) is 6.07 Å². The minimum absolute atomic E-state index is 0.0968. The van der Waals surface area contributed by atoms with Crippen LogP contribution in [0.2, 0.25) is 0 Å². The zero-order valence-corrected chi connectivity index (χ0v) is 16.4. The van der Waals surface area contributed by atoms with E-state index in [1.807, 2.05) is 0 Å². The molecule has 0 atom stereocenters. The summed E-state index contributed by atoms with van der Waals surface area (Å²) in [5, 5.41) is 22.4. The van der Waals surface area contributed by atoms with Crippen molar-refractivity contribution in [2.45, 2.75) is 6.42 Å². The van der Waals surface area contributed by atoms with Crippen LogP contribution in [0.1, 0.15) is 5.56 Å². The summed E-state index contributed by atoms with van der Waals surface area (Å²) in [5.41, 5.74) is 0.582. The molecule has 2 aromatic rings. The van der Waals surface area contributed by atoms with Crippen LogP contribution in [0, 0.1) is 15.9 Å². The Morgan fingerprint density at radius 3 is 2.68 bits per heavy atom. The third-order valence-electron chi connectivity index (χ3n) is 4.51. The molecule has 0 saturated carbocycles. The number of anilines is 2. The molecular formula is C20H20FN3O7. The lowest BCUT2D eigenvalue weighted by atomic mass is 10.1. The van der Waals surface area contributed by atoms with Gasteiger partial charge in [-0.15, -0.1) is 0 Å². The summed E-state index contributed by atoms with van der Waals surface area (Å²) in [4.78, 5) is 35.5. The number of carbonyl (C=O) groups excluding carboxylic acids is 1. The second kappa shape index (κ2) is 9.85. The Hall–Kier alpha value is -3.73. The fourth-order valence-corrected chi connectivity index (χ4v) is 3.11. The molecule has 11 heteroatoms. The maximum atomic E-state index is 14.7. The molecular weight excluding hydrogens is 413 g/mol. The van der Waals surface area contributed by atoms with Crippen LogP contribution in [0.4, 0.5) is 21.5 Å². The van der Waals surface area contributed by atoms with E-state index in [9.17, 15) is 24.1 Å². The van der Waals surface area contributed by atoms with Gasteiger partial charge in [0.2, 0.25) is 5.91 Å². The van der Waals surface area contributed by atoms with Crippen LogP contribution in [0.3, 0.4) is 0 Å². The molecule has 0 spiro atoms. The number of hydrogen-bond donors (Lipinski definition) is 2. The number of hydrogen-bond acceptors (Lipinski definition) is 7. The number of rotatable bonds is 8. The molecule has 2 aromatic carbocycles. The van der Waals surface area contributed by atoms with Crippen molar-refractivity contribution in [1.82, 2.24) is 0 Å². The molecule has 1 aliphatic heterocycles. The second-order valence-corrected chi connectivity index (χ2v) is 6.73. The van der Waals surface area contributed by atoms with E-state index in [1.165, 1.54) is 24.3 Å². The Balaban J connectivity index is 1.83. The van der Waals surface area contributed by atoms with Gasteiger partial charge in [-0.3, -0.25) is 14.9 Å². The molecule has 0 aromatic heterocycles. The molecule has 0 aliphatic carbocycles. The monoisotopic (exact) mass is 433 g/mol. The summed E-state index contributed by atoms with van der Waals surface area (Å²) in [6.45, 7) is 1.03. The molecule has 31 heavy (non-hydrogen) atoms. The predicted molar refractivity (Wildman–Crippen MR) is 108 cm³/mol. The van der Waals surface area contributed by atoms with Crippen molar-refractivity contribution in [3.63, 3.8) is 0 Å². The molecule has 164 valence electrons. The Morgan fingerprint density at radius 1 is 1.26 bits per heavy atom. The lowest BCUT2D eigenvalue weighted by molar-refractivity contribution is -0.384. The van der Waals surface area contributed by atoms with Crippen LogP contribution >= 0.6 is 0 Å². The molecule has 1 fully saturated rings. The van der Waals surface area contributed by atoms with Gasteiger partial charge in [0.25, 0.3) is 5.69 Å². The van der Waals surface area contributed by atoms with Gasteiger partial charge in [0, 0.05) is 31.3 Å². The largest absolute Gasteiger partial charge is 0.480 e. The third-order valence-corrected chi connectivity index (χ3v) is 4.51. The van der Waals surface area contributed by atoms with Gasteiger partial charge in [-0.25, -0.2) is 9.18 Å². The average Bonchev–Trinajstić information content (AvgIpc) is 2.74. The highest BCUT2D eigenvalue weighted by Crippen LogP contribution is 2.33. The Bertz CT molecular complexity index is 993. The topological polar surface area (TPSA) is 131 Å². The molecule has 1 heterocycles. The number of aliphatic carboxylic acids is 1. The van der Waals surface area contributed by atoms with E-state index < -0.39 is 29.2 Å². The molecule has 1 aliphatic rings. The lowest BCUT2D eigenvalue weighted by Crippen LogP contribution is -2.36. The van der Waals surface area contributed by atoms with Crippen LogP contribution in [0.15, 0.2) is 36.4 Å². The summed E-state index contributed by atoms with van der Waals surface area (Å²) in [6.07, 6.45) is -0.176. The van der Waals surface area contributed by atoms with Crippen LogP contribution in [0.25, 0.3) is 0 Å². The van der Waals surface area contributed by atoms with E-state index >= 15 is 0 Å². The number of morpholine rings is 1. The van der Waals surface area contributed by atoms with Crippen LogP contribution < -0.4 is 15.0 Å². The minimum atomic E-state index is -1.26. The predicted octanol–water partition coefficient (Wildman–Crippen LogP) is 2.22. The third kappa shape index (κ3) is 5.89. The minimum Gasteiger partial charge on any atom is -0.480 e. The lowest BCUT2D eigenvalue weighted by Gasteiger charge is -2.29. The summed E-state index contributed by atoms with van der Waals surface area (Å²) >= 11 is 0. The molecule has 0 unspecified atom stereocenters. The summed E-state index contributed by atoms with van der Waals surface area (Å²) in [5.74, 6) is -2.55. The van der Waals surface area contributed by atoms with E-state index in [-0.39, 0.29) is 29.2 Å². The van der Waals surface area contributed by atoms with Gasteiger partial charge in [-0.2, -0.15) is 0 Å². The van der Waals surface area contributed by atoms with Gasteiger partial charge in [0.05, 0.1) is 35.9 Å². The molecule has 2 N–H and O–H groups in total. The van der Waals surface area contributed by atoms with Gasteiger partial charge >= 0.3 is 5.97 Å². The number of nitro groups is 1. The number of carboxylic acid groups (broad SMARTS) is 1. The first-order chi connectivity index (χ1) is 14.8. The van der Waals surface area contributed by atoms with Gasteiger partial charge in [0.1, 0.15) is 11.6 Å². The number of non-ortho nitro benzene ring substituents is 1. The van der Waals surface area contributed by atoms with Gasteiger partial charge in [-0.1, -0.05) is 12.1 Å². The van der Waals surface area contributed by atoms with E-state index in [1.54, 1.807) is 11.0 Å². The van der Waals surface area contributed by atoms with Crippen LogP contribution in [-0.2, 0) is 20.7 Å².